The molecule has 1 saturated carbocycles. The van der Waals surface area contributed by atoms with Gasteiger partial charge in [0.1, 0.15) is 0 Å². The van der Waals surface area contributed by atoms with E-state index in [2.05, 4.69) is 15.6 Å². The Labute approximate surface area is 117 Å². The van der Waals surface area contributed by atoms with Gasteiger partial charge in [-0.2, -0.15) is 0 Å². The van der Waals surface area contributed by atoms with Crippen molar-refractivity contribution in [2.75, 3.05) is 6.54 Å². The van der Waals surface area contributed by atoms with E-state index in [1.807, 2.05) is 31.3 Å². The summed E-state index contributed by atoms with van der Waals surface area (Å²) in [6.45, 7) is 3.86. The van der Waals surface area contributed by atoms with Crippen LogP contribution in [0.25, 0.3) is 5.69 Å². The zero-order chi connectivity index (χ0) is 13.2. The van der Waals surface area contributed by atoms with Crippen LogP contribution in [0, 0.1) is 12.8 Å². The van der Waals surface area contributed by atoms with Crippen LogP contribution in [-0.2, 0) is 6.54 Å². The molecule has 1 aromatic carbocycles. The maximum absolute atomic E-state index is 6.22. The average Bonchev–Trinajstić information content (AvgIpc) is 3.07. The van der Waals surface area contributed by atoms with Gasteiger partial charge in [0.15, 0.2) is 0 Å². The fourth-order valence-corrected chi connectivity index (χ4v) is 2.34. The molecule has 1 N–H and O–H groups in total. The highest BCUT2D eigenvalue weighted by Gasteiger charge is 2.20. The van der Waals surface area contributed by atoms with Crippen LogP contribution in [0.4, 0.5) is 0 Å². The molecular weight excluding hydrogens is 260 g/mol. The van der Waals surface area contributed by atoms with E-state index in [1.54, 1.807) is 4.68 Å². The molecule has 1 heterocycles. The highest BCUT2D eigenvalue weighted by Crippen LogP contribution is 2.27. The van der Waals surface area contributed by atoms with Crippen molar-refractivity contribution in [1.82, 2.24) is 20.3 Å². The second-order valence-corrected chi connectivity index (χ2v) is 5.59. The van der Waals surface area contributed by atoms with Crippen molar-refractivity contribution in [3.8, 4) is 5.69 Å². The predicted octanol–water partition coefficient (Wildman–Crippen LogP) is 2.73. The van der Waals surface area contributed by atoms with E-state index in [9.17, 15) is 0 Å². The Kier molecular flexibility index (Phi) is 3.53. The summed E-state index contributed by atoms with van der Waals surface area (Å²) in [6.07, 6.45) is 4.65. The molecule has 0 saturated heterocycles. The Hall–Kier alpha value is -1.39. The van der Waals surface area contributed by atoms with Gasteiger partial charge in [0.05, 0.1) is 22.6 Å². The van der Waals surface area contributed by atoms with E-state index in [1.165, 1.54) is 12.8 Å². The molecule has 0 aliphatic heterocycles. The number of aryl methyl sites for hydroxylation is 1. The molecule has 0 spiro atoms. The van der Waals surface area contributed by atoms with Crippen LogP contribution in [0.1, 0.15) is 24.1 Å². The van der Waals surface area contributed by atoms with Crippen molar-refractivity contribution in [3.63, 3.8) is 0 Å². The summed E-state index contributed by atoms with van der Waals surface area (Å²) in [5, 5.41) is 12.4. The SMILES string of the molecule is Cc1ccc(-n2cc(CNCC3CC3)nn2)c(Cl)c1. The first-order valence-corrected chi connectivity index (χ1v) is 6.98. The zero-order valence-corrected chi connectivity index (χ0v) is 11.7. The van der Waals surface area contributed by atoms with Crippen molar-refractivity contribution < 1.29 is 0 Å². The second kappa shape index (κ2) is 5.31. The van der Waals surface area contributed by atoms with Gasteiger partial charge in [0.2, 0.25) is 0 Å². The minimum atomic E-state index is 0.697. The first-order valence-electron chi connectivity index (χ1n) is 6.61. The number of rotatable bonds is 5. The molecule has 3 rings (SSSR count). The van der Waals surface area contributed by atoms with Crippen LogP contribution in [0.2, 0.25) is 5.02 Å². The van der Waals surface area contributed by atoms with Gasteiger partial charge in [-0.15, -0.1) is 5.10 Å². The molecule has 19 heavy (non-hydrogen) atoms. The summed E-state index contributed by atoms with van der Waals surface area (Å²) >= 11 is 6.22. The predicted molar refractivity (Wildman–Crippen MR) is 75.5 cm³/mol. The number of benzene rings is 1. The van der Waals surface area contributed by atoms with Gasteiger partial charge >= 0.3 is 0 Å². The largest absolute Gasteiger partial charge is 0.311 e. The molecule has 1 aliphatic rings. The summed E-state index contributed by atoms with van der Waals surface area (Å²) in [4.78, 5) is 0. The molecule has 4 nitrogen and oxygen atoms in total. The molecule has 0 radical (unpaired) electrons. The summed E-state index contributed by atoms with van der Waals surface area (Å²) in [7, 11) is 0. The van der Waals surface area contributed by atoms with Gasteiger partial charge in [0, 0.05) is 6.54 Å². The summed E-state index contributed by atoms with van der Waals surface area (Å²) < 4.78 is 1.73. The third-order valence-corrected chi connectivity index (χ3v) is 3.63. The first kappa shape index (κ1) is 12.6. The molecule has 0 unspecified atom stereocenters. The zero-order valence-electron chi connectivity index (χ0n) is 10.9. The minimum Gasteiger partial charge on any atom is -0.311 e. The lowest BCUT2D eigenvalue weighted by atomic mass is 10.2. The standard InChI is InChI=1S/C14H17ClN4/c1-10-2-5-14(13(15)6-10)19-9-12(17-18-19)8-16-7-11-3-4-11/h2,5-6,9,11,16H,3-4,7-8H2,1H3. The molecule has 1 fully saturated rings. The van der Waals surface area contributed by atoms with Crippen LogP contribution in [0.5, 0.6) is 0 Å². The molecule has 100 valence electrons. The van der Waals surface area contributed by atoms with Gasteiger partial charge in [-0.05, 0) is 49.9 Å². The normalized spacial score (nSPS) is 14.8. The summed E-state index contributed by atoms with van der Waals surface area (Å²) in [5.41, 5.74) is 2.95. The van der Waals surface area contributed by atoms with Gasteiger partial charge in [-0.3, -0.25) is 0 Å². The highest BCUT2D eigenvalue weighted by molar-refractivity contribution is 6.32. The number of halogens is 1. The molecular formula is C14H17ClN4. The number of aromatic nitrogens is 3. The Morgan fingerprint density at radius 2 is 2.26 bits per heavy atom. The average molecular weight is 277 g/mol. The van der Waals surface area contributed by atoms with Crippen molar-refractivity contribution in [1.29, 1.82) is 0 Å². The lowest BCUT2D eigenvalue weighted by Gasteiger charge is -2.03. The van der Waals surface area contributed by atoms with Crippen molar-refractivity contribution in [2.24, 2.45) is 5.92 Å². The lowest BCUT2D eigenvalue weighted by Crippen LogP contribution is -2.16. The topological polar surface area (TPSA) is 42.7 Å². The van der Waals surface area contributed by atoms with Crippen LogP contribution in [0.3, 0.4) is 0 Å². The molecule has 5 heteroatoms. The maximum Gasteiger partial charge on any atom is 0.0969 e. The molecule has 0 atom stereocenters. The molecule has 2 aromatic rings. The van der Waals surface area contributed by atoms with Gasteiger partial charge in [-0.25, -0.2) is 4.68 Å². The van der Waals surface area contributed by atoms with Crippen LogP contribution >= 0.6 is 11.6 Å². The Morgan fingerprint density at radius 3 is 3.00 bits per heavy atom. The number of hydrogen-bond donors (Lipinski definition) is 1. The monoisotopic (exact) mass is 276 g/mol. The van der Waals surface area contributed by atoms with Crippen molar-refractivity contribution in [3.05, 3.63) is 40.7 Å². The van der Waals surface area contributed by atoms with E-state index in [4.69, 9.17) is 11.6 Å². The van der Waals surface area contributed by atoms with E-state index in [-0.39, 0.29) is 0 Å². The Bertz CT molecular complexity index is 575. The van der Waals surface area contributed by atoms with Crippen molar-refractivity contribution in [2.45, 2.75) is 26.3 Å². The maximum atomic E-state index is 6.22. The van der Waals surface area contributed by atoms with Crippen LogP contribution < -0.4 is 5.32 Å². The third kappa shape index (κ3) is 3.14. The molecule has 0 amide bonds. The quantitative estimate of drug-likeness (QED) is 0.913. The van der Waals surface area contributed by atoms with Gasteiger partial charge in [0.25, 0.3) is 0 Å². The van der Waals surface area contributed by atoms with Crippen LogP contribution in [-0.4, -0.2) is 21.5 Å². The van der Waals surface area contributed by atoms with Gasteiger partial charge < -0.3 is 5.32 Å². The first-order chi connectivity index (χ1) is 9.22. The van der Waals surface area contributed by atoms with E-state index < -0.39 is 0 Å². The summed E-state index contributed by atoms with van der Waals surface area (Å²) in [6, 6.07) is 5.92. The second-order valence-electron chi connectivity index (χ2n) is 5.18. The third-order valence-electron chi connectivity index (χ3n) is 3.33. The molecule has 1 aromatic heterocycles. The van der Waals surface area contributed by atoms with Crippen LogP contribution in [0.15, 0.2) is 24.4 Å². The number of nitrogens with one attached hydrogen (secondary N) is 1. The van der Waals surface area contributed by atoms with E-state index in [0.717, 1.165) is 36.0 Å². The fraction of sp³-hybridized carbons (Fsp3) is 0.429. The molecule has 1 aliphatic carbocycles. The highest BCUT2D eigenvalue weighted by atomic mass is 35.5. The van der Waals surface area contributed by atoms with Crippen molar-refractivity contribution >= 4 is 11.6 Å². The molecule has 0 bridgehead atoms. The fourth-order valence-electron chi connectivity index (χ4n) is 2.02. The Balaban J connectivity index is 1.68. The summed E-state index contributed by atoms with van der Waals surface area (Å²) in [5.74, 6) is 0.876. The van der Waals surface area contributed by atoms with Gasteiger partial charge in [-0.1, -0.05) is 22.9 Å². The lowest BCUT2D eigenvalue weighted by molar-refractivity contribution is 0.628. The number of hydrogen-bond acceptors (Lipinski definition) is 3. The van der Waals surface area contributed by atoms with E-state index >= 15 is 0 Å². The minimum absolute atomic E-state index is 0.697. The number of nitrogens with zero attached hydrogens (tertiary/aromatic N) is 3. The smallest absolute Gasteiger partial charge is 0.0969 e. The van der Waals surface area contributed by atoms with E-state index in [0.29, 0.717) is 5.02 Å². The Morgan fingerprint density at radius 1 is 1.42 bits per heavy atom.